The van der Waals surface area contributed by atoms with E-state index < -0.39 is 9.05 Å². The molecule has 1 rings (SSSR count). The maximum absolute atomic E-state index is 11.5. The fourth-order valence-electron chi connectivity index (χ4n) is 1.36. The van der Waals surface area contributed by atoms with Crippen molar-refractivity contribution in [3.63, 3.8) is 0 Å². The van der Waals surface area contributed by atoms with E-state index in [0.29, 0.717) is 6.61 Å². The van der Waals surface area contributed by atoms with Crippen molar-refractivity contribution in [2.45, 2.75) is 30.5 Å². The summed E-state index contributed by atoms with van der Waals surface area (Å²) in [4.78, 5) is 12.3. The number of halogens is 1. The highest BCUT2D eigenvalue weighted by molar-refractivity contribution is 8.15. The second-order valence-electron chi connectivity index (χ2n) is 3.94. The highest BCUT2D eigenvalue weighted by atomic mass is 35.7. The molecule has 1 aromatic heterocycles. The van der Waals surface area contributed by atoms with Crippen molar-refractivity contribution >= 4 is 37.0 Å². The normalized spacial score (nSPS) is 13.2. The van der Waals surface area contributed by atoms with Gasteiger partial charge in [0.2, 0.25) is 5.91 Å². The van der Waals surface area contributed by atoms with Crippen LogP contribution in [0.2, 0.25) is 0 Å². The largest absolute Gasteiger partial charge is 0.372 e. The first-order chi connectivity index (χ1) is 8.84. The lowest BCUT2D eigenvalue weighted by Crippen LogP contribution is -2.29. The molecule has 1 aromatic rings. The van der Waals surface area contributed by atoms with E-state index in [1.807, 2.05) is 6.92 Å². The molecule has 0 fully saturated rings. The van der Waals surface area contributed by atoms with Gasteiger partial charge in [-0.2, -0.15) is 0 Å². The number of nitrogens with one attached hydrogen (secondary N) is 1. The fraction of sp³-hybridized carbons (Fsp3) is 0.545. The highest BCUT2D eigenvalue weighted by Crippen LogP contribution is 2.28. The average molecular weight is 326 g/mol. The van der Waals surface area contributed by atoms with Gasteiger partial charge in [0.15, 0.2) is 0 Å². The van der Waals surface area contributed by atoms with Crippen molar-refractivity contribution in [1.82, 2.24) is 5.32 Å². The number of carbonyl (C=O) groups is 1. The van der Waals surface area contributed by atoms with Crippen LogP contribution in [-0.2, 0) is 18.6 Å². The van der Waals surface area contributed by atoms with E-state index in [1.165, 1.54) is 6.07 Å². The minimum absolute atomic E-state index is 0.00418. The van der Waals surface area contributed by atoms with Gasteiger partial charge in [0.1, 0.15) is 10.8 Å². The molecule has 0 saturated heterocycles. The molecule has 0 radical (unpaired) electrons. The van der Waals surface area contributed by atoms with Gasteiger partial charge >= 0.3 is 0 Å². The molecule has 1 unspecified atom stereocenters. The van der Waals surface area contributed by atoms with E-state index in [2.05, 4.69) is 5.32 Å². The smallest absolute Gasteiger partial charge is 0.270 e. The minimum atomic E-state index is -3.71. The standard InChI is InChI=1S/C11H16ClNO4S2/c1-3-6-17-7-10(14)13-8(2)9-4-5-11(18-9)19(12,15)16/h4-5,8H,3,6-7H2,1-2H3,(H,13,14). The van der Waals surface area contributed by atoms with Crippen LogP contribution < -0.4 is 5.32 Å². The molecule has 8 heteroatoms. The van der Waals surface area contributed by atoms with Gasteiger partial charge in [-0.3, -0.25) is 4.79 Å². The summed E-state index contributed by atoms with van der Waals surface area (Å²) in [6.45, 7) is 4.27. The minimum Gasteiger partial charge on any atom is -0.372 e. The van der Waals surface area contributed by atoms with Gasteiger partial charge < -0.3 is 10.1 Å². The summed E-state index contributed by atoms with van der Waals surface area (Å²) in [5, 5.41) is 2.73. The Balaban J connectivity index is 2.56. The monoisotopic (exact) mass is 325 g/mol. The van der Waals surface area contributed by atoms with Gasteiger partial charge in [0.25, 0.3) is 9.05 Å². The number of hydrogen-bond donors (Lipinski definition) is 1. The number of carbonyl (C=O) groups excluding carboxylic acids is 1. The van der Waals surface area contributed by atoms with Crippen molar-refractivity contribution in [1.29, 1.82) is 0 Å². The number of rotatable bonds is 7. The van der Waals surface area contributed by atoms with Gasteiger partial charge in [0.05, 0.1) is 6.04 Å². The Hall–Kier alpha value is -0.630. The van der Waals surface area contributed by atoms with E-state index in [4.69, 9.17) is 15.4 Å². The Morgan fingerprint density at radius 2 is 2.21 bits per heavy atom. The van der Waals surface area contributed by atoms with E-state index in [-0.39, 0.29) is 22.8 Å². The predicted molar refractivity (Wildman–Crippen MR) is 75.0 cm³/mol. The summed E-state index contributed by atoms with van der Waals surface area (Å²) in [6, 6.07) is 2.78. The highest BCUT2D eigenvalue weighted by Gasteiger charge is 2.17. The van der Waals surface area contributed by atoms with Gasteiger partial charge in [-0.25, -0.2) is 8.42 Å². The van der Waals surface area contributed by atoms with Gasteiger partial charge in [-0.1, -0.05) is 6.92 Å². The van der Waals surface area contributed by atoms with E-state index in [1.54, 1.807) is 13.0 Å². The van der Waals surface area contributed by atoms with E-state index in [0.717, 1.165) is 22.6 Å². The molecule has 1 heterocycles. The molecule has 1 atom stereocenters. The van der Waals surface area contributed by atoms with Gasteiger partial charge in [-0.05, 0) is 25.5 Å². The maximum Gasteiger partial charge on any atom is 0.270 e. The van der Waals surface area contributed by atoms with Gasteiger partial charge in [0, 0.05) is 22.2 Å². The van der Waals surface area contributed by atoms with Crippen LogP contribution in [0, 0.1) is 0 Å². The first kappa shape index (κ1) is 16.4. The molecular weight excluding hydrogens is 310 g/mol. The Morgan fingerprint density at radius 3 is 2.74 bits per heavy atom. The Labute approximate surface area is 121 Å². The molecule has 1 amide bonds. The maximum atomic E-state index is 11.5. The third-order valence-corrected chi connectivity index (χ3v) is 5.59. The average Bonchev–Trinajstić information content (AvgIpc) is 2.78. The summed E-state index contributed by atoms with van der Waals surface area (Å²) >= 11 is 1.04. The lowest BCUT2D eigenvalue weighted by Gasteiger charge is -2.12. The molecule has 0 saturated carbocycles. The summed E-state index contributed by atoms with van der Waals surface area (Å²) in [5.74, 6) is -0.232. The van der Waals surface area contributed by atoms with Crippen LogP contribution in [0.3, 0.4) is 0 Å². The number of ether oxygens (including phenoxy) is 1. The first-order valence-electron chi connectivity index (χ1n) is 5.76. The van der Waals surface area contributed by atoms with Crippen LogP contribution in [0.5, 0.6) is 0 Å². The lowest BCUT2D eigenvalue weighted by molar-refractivity contribution is -0.126. The summed E-state index contributed by atoms with van der Waals surface area (Å²) in [5.41, 5.74) is 0. The summed E-state index contributed by atoms with van der Waals surface area (Å²) in [7, 11) is 1.53. The molecule has 0 aliphatic heterocycles. The number of amides is 1. The molecule has 108 valence electrons. The number of thiophene rings is 1. The third-order valence-electron chi connectivity index (χ3n) is 2.23. The lowest BCUT2D eigenvalue weighted by atomic mass is 10.3. The van der Waals surface area contributed by atoms with Crippen molar-refractivity contribution in [3.8, 4) is 0 Å². The Kier molecular flexibility index (Phi) is 6.25. The van der Waals surface area contributed by atoms with Crippen LogP contribution in [0.4, 0.5) is 0 Å². The van der Waals surface area contributed by atoms with Crippen LogP contribution in [0.1, 0.15) is 31.2 Å². The van der Waals surface area contributed by atoms with Crippen molar-refractivity contribution in [2.24, 2.45) is 0 Å². The fourth-order valence-corrected chi connectivity index (χ4v) is 3.46. The van der Waals surface area contributed by atoms with E-state index in [9.17, 15) is 13.2 Å². The summed E-state index contributed by atoms with van der Waals surface area (Å²) in [6.07, 6.45) is 0.852. The number of hydrogen-bond acceptors (Lipinski definition) is 5. The quantitative estimate of drug-likeness (QED) is 0.616. The van der Waals surface area contributed by atoms with Gasteiger partial charge in [-0.15, -0.1) is 11.3 Å². The Morgan fingerprint density at radius 1 is 1.53 bits per heavy atom. The molecule has 0 aliphatic carbocycles. The summed E-state index contributed by atoms with van der Waals surface area (Å²) < 4.78 is 27.5. The van der Waals surface area contributed by atoms with Crippen molar-refractivity contribution in [2.75, 3.05) is 13.2 Å². The van der Waals surface area contributed by atoms with Crippen molar-refractivity contribution < 1.29 is 17.9 Å². The van der Waals surface area contributed by atoms with Crippen LogP contribution >= 0.6 is 22.0 Å². The van der Waals surface area contributed by atoms with Crippen LogP contribution in [0.25, 0.3) is 0 Å². The van der Waals surface area contributed by atoms with Crippen LogP contribution in [0.15, 0.2) is 16.3 Å². The Bertz CT molecular complexity index is 527. The zero-order valence-corrected chi connectivity index (χ0v) is 13.1. The second kappa shape index (κ2) is 7.23. The molecular formula is C11H16ClNO4S2. The second-order valence-corrected chi connectivity index (χ2v) is 7.84. The van der Waals surface area contributed by atoms with Crippen molar-refractivity contribution in [3.05, 3.63) is 17.0 Å². The molecule has 5 nitrogen and oxygen atoms in total. The third kappa shape index (κ3) is 5.48. The molecule has 19 heavy (non-hydrogen) atoms. The zero-order valence-electron chi connectivity index (χ0n) is 10.7. The SMILES string of the molecule is CCCOCC(=O)NC(C)c1ccc(S(=O)(=O)Cl)s1. The molecule has 0 aromatic carbocycles. The molecule has 0 aliphatic rings. The zero-order chi connectivity index (χ0) is 14.5. The topological polar surface area (TPSA) is 72.5 Å². The molecule has 0 spiro atoms. The molecule has 1 N–H and O–H groups in total. The van der Waals surface area contributed by atoms with Crippen LogP contribution in [-0.4, -0.2) is 27.5 Å². The first-order valence-corrected chi connectivity index (χ1v) is 8.88. The predicted octanol–water partition coefficient (Wildman–Crippen LogP) is 2.28. The molecule has 0 bridgehead atoms. The van der Waals surface area contributed by atoms with E-state index >= 15 is 0 Å².